The monoisotopic (exact) mass is 380 g/mol. The van der Waals surface area contributed by atoms with Gasteiger partial charge in [0, 0.05) is 31.1 Å². The van der Waals surface area contributed by atoms with E-state index < -0.39 is 0 Å². The number of fused-ring (bicyclic) bond motifs is 1. The van der Waals surface area contributed by atoms with E-state index in [1.807, 2.05) is 24.3 Å². The number of nitrogens with zero attached hydrogens (tertiary/aromatic N) is 3. The van der Waals surface area contributed by atoms with Gasteiger partial charge in [0.1, 0.15) is 17.9 Å². The van der Waals surface area contributed by atoms with Gasteiger partial charge in [-0.25, -0.2) is 9.97 Å². The molecule has 0 amide bonds. The summed E-state index contributed by atoms with van der Waals surface area (Å²) in [6.45, 7) is 2.52. The third-order valence-electron chi connectivity index (χ3n) is 5.09. The molecule has 28 heavy (non-hydrogen) atoms. The molecule has 0 aliphatic carbocycles. The maximum absolute atomic E-state index is 5.48. The highest BCUT2D eigenvalue weighted by atomic mass is 16.5. The minimum absolute atomic E-state index is 0.189. The van der Waals surface area contributed by atoms with E-state index >= 15 is 0 Å². The van der Waals surface area contributed by atoms with Gasteiger partial charge in [-0.15, -0.1) is 0 Å². The fourth-order valence-corrected chi connectivity index (χ4v) is 3.65. The Morgan fingerprint density at radius 2 is 1.82 bits per heavy atom. The summed E-state index contributed by atoms with van der Waals surface area (Å²) in [5.41, 5.74) is 2.03. The standard InChI is InChI=1S/C21H24N4O3/c1-26-15-6-4-5-14(9-15)18-12-25(8-7-22-18)21-16-10-19(27-2)20(28-3)11-17(16)23-13-24-21/h4-6,9-11,13,18,22H,7-8,12H2,1-3H3/t18-/m1/s1. The fraction of sp³-hybridized carbons (Fsp3) is 0.333. The normalized spacial score (nSPS) is 16.8. The molecule has 0 saturated carbocycles. The number of methoxy groups -OCH3 is 3. The Balaban J connectivity index is 1.69. The van der Waals surface area contributed by atoms with E-state index in [1.165, 1.54) is 5.56 Å². The second kappa shape index (κ2) is 7.90. The summed E-state index contributed by atoms with van der Waals surface area (Å²) in [5, 5.41) is 4.54. The minimum atomic E-state index is 0.189. The SMILES string of the molecule is COc1cccc([C@H]2CN(c3ncnc4cc(OC)c(OC)cc34)CCN2)c1. The quantitative estimate of drug-likeness (QED) is 0.730. The van der Waals surface area contributed by atoms with Gasteiger partial charge in [-0.3, -0.25) is 0 Å². The second-order valence-electron chi connectivity index (χ2n) is 6.65. The number of hydrogen-bond acceptors (Lipinski definition) is 7. The van der Waals surface area contributed by atoms with Crippen LogP contribution in [0.4, 0.5) is 5.82 Å². The molecule has 1 aliphatic rings. The molecule has 0 unspecified atom stereocenters. The molecule has 0 radical (unpaired) electrons. The molecule has 3 aromatic rings. The summed E-state index contributed by atoms with van der Waals surface area (Å²) in [6.07, 6.45) is 1.60. The summed E-state index contributed by atoms with van der Waals surface area (Å²) < 4.78 is 16.3. The van der Waals surface area contributed by atoms with Crippen LogP contribution in [0.15, 0.2) is 42.7 Å². The van der Waals surface area contributed by atoms with Crippen LogP contribution >= 0.6 is 0 Å². The molecule has 2 aromatic carbocycles. The van der Waals surface area contributed by atoms with Crippen molar-refractivity contribution in [3.8, 4) is 17.2 Å². The molecule has 1 atom stereocenters. The summed E-state index contributed by atoms with van der Waals surface area (Å²) >= 11 is 0. The lowest BCUT2D eigenvalue weighted by atomic mass is 10.0. The van der Waals surface area contributed by atoms with Crippen molar-refractivity contribution in [2.75, 3.05) is 45.9 Å². The van der Waals surface area contributed by atoms with Crippen molar-refractivity contribution >= 4 is 16.7 Å². The topological polar surface area (TPSA) is 68.7 Å². The summed E-state index contributed by atoms with van der Waals surface area (Å²) in [5.74, 6) is 3.10. The van der Waals surface area contributed by atoms with Crippen molar-refractivity contribution in [1.29, 1.82) is 0 Å². The number of hydrogen-bond donors (Lipinski definition) is 1. The Morgan fingerprint density at radius 1 is 1.00 bits per heavy atom. The average molecular weight is 380 g/mol. The number of nitrogens with one attached hydrogen (secondary N) is 1. The van der Waals surface area contributed by atoms with Crippen molar-refractivity contribution in [2.45, 2.75) is 6.04 Å². The molecule has 1 aliphatic heterocycles. The first kappa shape index (κ1) is 18.3. The number of anilines is 1. The van der Waals surface area contributed by atoms with Crippen molar-refractivity contribution in [3.63, 3.8) is 0 Å². The highest BCUT2D eigenvalue weighted by Crippen LogP contribution is 2.35. The molecule has 7 nitrogen and oxygen atoms in total. The minimum Gasteiger partial charge on any atom is -0.497 e. The maximum atomic E-state index is 5.48. The zero-order valence-electron chi connectivity index (χ0n) is 16.3. The van der Waals surface area contributed by atoms with Gasteiger partial charge in [-0.05, 0) is 23.8 Å². The van der Waals surface area contributed by atoms with Gasteiger partial charge in [0.2, 0.25) is 0 Å². The molecule has 2 heterocycles. The smallest absolute Gasteiger partial charge is 0.162 e. The Labute approximate surface area is 164 Å². The molecule has 0 spiro atoms. The van der Waals surface area contributed by atoms with Crippen LogP contribution in [0.3, 0.4) is 0 Å². The molecule has 0 bridgehead atoms. The van der Waals surface area contributed by atoms with Crippen LogP contribution in [-0.4, -0.2) is 50.9 Å². The van der Waals surface area contributed by atoms with Gasteiger partial charge < -0.3 is 24.4 Å². The van der Waals surface area contributed by atoms with Gasteiger partial charge in [-0.1, -0.05) is 12.1 Å². The highest BCUT2D eigenvalue weighted by molar-refractivity contribution is 5.92. The molecule has 1 saturated heterocycles. The Morgan fingerprint density at radius 3 is 2.61 bits per heavy atom. The molecule has 146 valence electrons. The van der Waals surface area contributed by atoms with Crippen LogP contribution in [0.5, 0.6) is 17.2 Å². The van der Waals surface area contributed by atoms with Crippen LogP contribution in [-0.2, 0) is 0 Å². The number of piperazine rings is 1. The summed E-state index contributed by atoms with van der Waals surface area (Å²) in [6, 6.07) is 12.2. The van der Waals surface area contributed by atoms with Crippen molar-refractivity contribution in [1.82, 2.24) is 15.3 Å². The molecule has 1 aromatic heterocycles. The lowest BCUT2D eigenvalue weighted by Crippen LogP contribution is -2.46. The number of rotatable bonds is 5. The van der Waals surface area contributed by atoms with Crippen molar-refractivity contribution < 1.29 is 14.2 Å². The largest absolute Gasteiger partial charge is 0.497 e. The van der Waals surface area contributed by atoms with Crippen LogP contribution in [0.1, 0.15) is 11.6 Å². The van der Waals surface area contributed by atoms with E-state index in [1.54, 1.807) is 27.7 Å². The van der Waals surface area contributed by atoms with Gasteiger partial charge in [0.05, 0.1) is 32.9 Å². The number of aromatic nitrogens is 2. The van der Waals surface area contributed by atoms with Crippen LogP contribution in [0.2, 0.25) is 0 Å². The van der Waals surface area contributed by atoms with Crippen LogP contribution in [0, 0.1) is 0 Å². The van der Waals surface area contributed by atoms with E-state index in [0.29, 0.717) is 11.5 Å². The molecular formula is C21H24N4O3. The van der Waals surface area contributed by atoms with Gasteiger partial charge >= 0.3 is 0 Å². The summed E-state index contributed by atoms with van der Waals surface area (Å²) in [4.78, 5) is 11.3. The van der Waals surface area contributed by atoms with Gasteiger partial charge in [-0.2, -0.15) is 0 Å². The van der Waals surface area contributed by atoms with Crippen molar-refractivity contribution in [2.24, 2.45) is 0 Å². The third-order valence-corrected chi connectivity index (χ3v) is 5.09. The zero-order valence-corrected chi connectivity index (χ0v) is 16.3. The summed E-state index contributed by atoms with van der Waals surface area (Å²) in [7, 11) is 4.95. The third kappa shape index (κ3) is 3.41. The molecule has 1 N–H and O–H groups in total. The Kier molecular flexibility index (Phi) is 5.16. The molecule has 7 heteroatoms. The first-order chi connectivity index (χ1) is 13.7. The fourth-order valence-electron chi connectivity index (χ4n) is 3.65. The maximum Gasteiger partial charge on any atom is 0.162 e. The predicted molar refractivity (Wildman–Crippen MR) is 109 cm³/mol. The van der Waals surface area contributed by atoms with Crippen molar-refractivity contribution in [3.05, 3.63) is 48.3 Å². The van der Waals surface area contributed by atoms with Gasteiger partial charge in [0.25, 0.3) is 0 Å². The van der Waals surface area contributed by atoms with E-state index in [4.69, 9.17) is 14.2 Å². The highest BCUT2D eigenvalue weighted by Gasteiger charge is 2.24. The van der Waals surface area contributed by atoms with Gasteiger partial charge in [0.15, 0.2) is 11.5 Å². The lowest BCUT2D eigenvalue weighted by molar-refractivity contribution is 0.355. The number of benzene rings is 2. The molecular weight excluding hydrogens is 356 g/mol. The predicted octanol–water partition coefficient (Wildman–Crippen LogP) is 2.81. The first-order valence-corrected chi connectivity index (χ1v) is 9.22. The van der Waals surface area contributed by atoms with E-state index in [2.05, 4.69) is 32.3 Å². The van der Waals surface area contributed by atoms with Crippen LogP contribution < -0.4 is 24.4 Å². The van der Waals surface area contributed by atoms with E-state index in [9.17, 15) is 0 Å². The lowest BCUT2D eigenvalue weighted by Gasteiger charge is -2.35. The van der Waals surface area contributed by atoms with Crippen LogP contribution in [0.25, 0.3) is 10.9 Å². The second-order valence-corrected chi connectivity index (χ2v) is 6.65. The Bertz CT molecular complexity index is 979. The van der Waals surface area contributed by atoms with E-state index in [-0.39, 0.29) is 6.04 Å². The zero-order chi connectivity index (χ0) is 19.5. The number of ether oxygens (including phenoxy) is 3. The first-order valence-electron chi connectivity index (χ1n) is 9.22. The van der Waals surface area contributed by atoms with E-state index in [0.717, 1.165) is 42.1 Å². The molecule has 4 rings (SSSR count). The Hall–Kier alpha value is -3.06. The molecule has 1 fully saturated rings. The average Bonchev–Trinajstić information content (AvgIpc) is 2.77.